The maximum atomic E-state index is 14.2. The quantitative estimate of drug-likeness (QED) is 0.105. The van der Waals surface area contributed by atoms with Gasteiger partial charge >= 0.3 is 6.18 Å². The van der Waals surface area contributed by atoms with Crippen molar-refractivity contribution in [1.29, 1.82) is 0 Å². The number of nitrogens with zero attached hydrogens (tertiary/aromatic N) is 3. The van der Waals surface area contributed by atoms with Gasteiger partial charge in [0.15, 0.2) is 0 Å². The summed E-state index contributed by atoms with van der Waals surface area (Å²) in [4.78, 5) is 35.4. The summed E-state index contributed by atoms with van der Waals surface area (Å²) in [6.45, 7) is -0.531. The lowest BCUT2D eigenvalue weighted by Gasteiger charge is -2.41. The van der Waals surface area contributed by atoms with E-state index >= 15 is 0 Å². The molecule has 1 saturated heterocycles. The predicted molar refractivity (Wildman–Crippen MR) is 215 cm³/mol. The Morgan fingerprint density at radius 2 is 1.69 bits per heavy atom. The number of para-hydroxylation sites is 1. The molecule has 0 aliphatic carbocycles. The van der Waals surface area contributed by atoms with E-state index in [1.807, 2.05) is 70.9 Å². The van der Waals surface area contributed by atoms with E-state index in [2.05, 4.69) is 10.3 Å². The molecule has 1 fully saturated rings. The number of fused-ring (bicyclic) bond motifs is 1. The van der Waals surface area contributed by atoms with Crippen molar-refractivity contribution >= 4 is 23.4 Å². The Morgan fingerprint density at radius 1 is 0.932 bits per heavy atom. The second-order valence-electron chi connectivity index (χ2n) is 15.0. The van der Waals surface area contributed by atoms with Crippen LogP contribution in [0.5, 0.6) is 5.75 Å². The Bertz CT molecular complexity index is 2170. The number of carbonyl (C=O) groups is 2. The van der Waals surface area contributed by atoms with Gasteiger partial charge in [0.25, 0.3) is 0 Å². The number of nitrogens with one attached hydrogen (secondary N) is 2. The molecular weight excluding hydrogens is 787 g/mol. The zero-order valence-corrected chi connectivity index (χ0v) is 32.8. The number of ether oxygens (including phenoxy) is 1. The fourth-order valence-corrected chi connectivity index (χ4v) is 7.77. The summed E-state index contributed by atoms with van der Waals surface area (Å²) < 4.78 is 51.5. The monoisotopic (exact) mass is 831 g/mol. The number of aromatic nitrogens is 1. The Kier molecular flexibility index (Phi) is 13.3. The van der Waals surface area contributed by atoms with Gasteiger partial charge in [-0.25, -0.2) is 0 Å². The number of rotatable bonds is 14. The predicted octanol–water partition coefficient (Wildman–Crippen LogP) is 6.05. The van der Waals surface area contributed by atoms with Crippen molar-refractivity contribution in [2.75, 3.05) is 39.3 Å². The molecule has 2 aliphatic rings. The number of aliphatic hydroxyl groups is 2. The van der Waals surface area contributed by atoms with Crippen molar-refractivity contribution in [1.82, 2.24) is 25.4 Å². The van der Waals surface area contributed by atoms with E-state index in [1.165, 1.54) is 0 Å². The van der Waals surface area contributed by atoms with Crippen LogP contribution in [0.2, 0.25) is 5.02 Å². The number of alkyl halides is 3. The van der Waals surface area contributed by atoms with Crippen LogP contribution in [0.3, 0.4) is 0 Å². The minimum Gasteiger partial charge on any atom is -0.490 e. The van der Waals surface area contributed by atoms with Gasteiger partial charge in [-0.3, -0.25) is 24.4 Å². The summed E-state index contributed by atoms with van der Waals surface area (Å²) >= 11 is 6.03. The summed E-state index contributed by atoms with van der Waals surface area (Å²) in [5, 5.41) is 28.2. The SMILES string of the molecule is O=C(N[C@H]1c2ccccc2OC[C@H]1O)[C@H](Cc1ccc(-c2cccnc2)cc1)C[C@H](O)CN1CCN(Cc2ccc(-c3ccc(Cl)cc3)o2)C[C@H]1C(=O)NCC(F)(F)F. The highest BCUT2D eigenvalue weighted by Gasteiger charge is 2.38. The first-order chi connectivity index (χ1) is 28.4. The standard InChI is InChI=1S/C44H45ClF3N5O6/c45-33-13-11-30(12-14-33)39-16-15-35(59-39)24-52-18-19-53(37(25-52)43(57)50-27-44(46,47)48)23-34(54)21-32(20-28-7-9-29(10-8-28)31-4-3-17-49-22-31)42(56)51-41-36-5-1-2-6-40(36)58-26-38(41)55/h1-17,22,32,34,37-38,41,54-55H,18-21,23-27H2,(H,50,57)(H,51,56)/t32-,34+,37+,38-,41+/m1/s1. The molecule has 0 unspecified atom stereocenters. The van der Waals surface area contributed by atoms with Crippen molar-refractivity contribution in [3.63, 3.8) is 0 Å². The van der Waals surface area contributed by atoms with Crippen LogP contribution in [0.4, 0.5) is 13.2 Å². The number of piperazine rings is 1. The average molecular weight is 832 g/mol. The zero-order chi connectivity index (χ0) is 41.5. The van der Waals surface area contributed by atoms with E-state index in [-0.39, 0.29) is 39.1 Å². The fourth-order valence-electron chi connectivity index (χ4n) is 7.65. The van der Waals surface area contributed by atoms with Crippen LogP contribution in [0.1, 0.15) is 29.3 Å². The molecule has 310 valence electrons. The molecule has 5 aromatic rings. The third-order valence-electron chi connectivity index (χ3n) is 10.7. The number of β-amino-alcohol motifs (C(OH)–C–C–N with tert-alkyl or cyclic N) is 1. The van der Waals surface area contributed by atoms with Gasteiger partial charge in [-0.05, 0) is 78.1 Å². The normalized spacial score (nSPS) is 19.6. The van der Waals surface area contributed by atoms with Gasteiger partial charge in [0, 0.05) is 60.6 Å². The molecule has 0 spiro atoms. The Labute approximate surface area is 344 Å². The van der Waals surface area contributed by atoms with E-state index in [1.54, 1.807) is 53.7 Å². The van der Waals surface area contributed by atoms with Gasteiger partial charge in [-0.1, -0.05) is 60.1 Å². The molecule has 7 rings (SSSR count). The number of carbonyl (C=O) groups excluding carboxylic acids is 2. The molecule has 15 heteroatoms. The molecule has 11 nitrogen and oxygen atoms in total. The Morgan fingerprint density at radius 3 is 2.44 bits per heavy atom. The highest BCUT2D eigenvalue weighted by molar-refractivity contribution is 6.30. The van der Waals surface area contributed by atoms with Crippen LogP contribution in [0.25, 0.3) is 22.5 Å². The molecule has 0 saturated carbocycles. The summed E-state index contributed by atoms with van der Waals surface area (Å²) in [5.41, 5.74) is 4.14. The number of halogens is 4. The molecule has 2 aliphatic heterocycles. The summed E-state index contributed by atoms with van der Waals surface area (Å²) in [5.74, 6) is -0.232. The minimum absolute atomic E-state index is 0.0156. The number of pyridine rings is 1. The van der Waals surface area contributed by atoms with Crippen molar-refractivity contribution in [2.24, 2.45) is 5.92 Å². The molecule has 59 heavy (non-hydrogen) atoms. The topological polar surface area (TPSA) is 140 Å². The van der Waals surface area contributed by atoms with E-state index in [9.17, 15) is 33.0 Å². The Balaban J connectivity index is 1.07. The largest absolute Gasteiger partial charge is 0.490 e. The first kappa shape index (κ1) is 41.9. The third kappa shape index (κ3) is 11.1. The molecule has 5 atom stereocenters. The molecule has 0 bridgehead atoms. The van der Waals surface area contributed by atoms with Gasteiger partial charge in [0.1, 0.15) is 42.6 Å². The van der Waals surface area contributed by atoms with Crippen LogP contribution in [0, 0.1) is 5.92 Å². The smallest absolute Gasteiger partial charge is 0.405 e. The maximum absolute atomic E-state index is 14.2. The first-order valence-corrected chi connectivity index (χ1v) is 19.8. The molecule has 0 radical (unpaired) electrons. The van der Waals surface area contributed by atoms with Crippen molar-refractivity contribution in [3.8, 4) is 28.2 Å². The molecule has 3 aromatic carbocycles. The van der Waals surface area contributed by atoms with Crippen molar-refractivity contribution < 1.29 is 42.1 Å². The lowest BCUT2D eigenvalue weighted by Crippen LogP contribution is -2.60. The summed E-state index contributed by atoms with van der Waals surface area (Å²) in [6.07, 6.45) is -3.13. The van der Waals surface area contributed by atoms with Gasteiger partial charge in [0.05, 0.1) is 18.7 Å². The van der Waals surface area contributed by atoms with Gasteiger partial charge < -0.3 is 30.0 Å². The number of benzene rings is 3. The van der Waals surface area contributed by atoms with Crippen LogP contribution in [-0.2, 0) is 22.6 Å². The van der Waals surface area contributed by atoms with Crippen molar-refractivity contribution in [3.05, 3.63) is 131 Å². The van der Waals surface area contributed by atoms with Crippen LogP contribution in [0.15, 0.2) is 114 Å². The fraction of sp³-hybridized carbons (Fsp3) is 0.341. The van der Waals surface area contributed by atoms with E-state index < -0.39 is 54.7 Å². The number of aliphatic hydroxyl groups excluding tert-OH is 2. The molecule has 2 amide bonds. The zero-order valence-electron chi connectivity index (χ0n) is 32.0. The number of amides is 2. The van der Waals surface area contributed by atoms with Gasteiger partial charge in [0.2, 0.25) is 11.8 Å². The summed E-state index contributed by atoms with van der Waals surface area (Å²) in [7, 11) is 0. The highest BCUT2D eigenvalue weighted by Crippen LogP contribution is 2.33. The highest BCUT2D eigenvalue weighted by atomic mass is 35.5. The second kappa shape index (κ2) is 18.8. The lowest BCUT2D eigenvalue weighted by molar-refractivity contribution is -0.143. The van der Waals surface area contributed by atoms with Crippen molar-refractivity contribution in [2.45, 2.75) is 49.9 Å². The molecule has 4 N–H and O–H groups in total. The molecule has 2 aromatic heterocycles. The van der Waals surface area contributed by atoms with E-state index in [0.29, 0.717) is 40.9 Å². The number of hydrogen-bond acceptors (Lipinski definition) is 9. The molecule has 4 heterocycles. The average Bonchev–Trinajstić information content (AvgIpc) is 3.70. The van der Waals surface area contributed by atoms with Crippen LogP contribution >= 0.6 is 11.6 Å². The summed E-state index contributed by atoms with van der Waals surface area (Å²) in [6, 6.07) is 27.6. The maximum Gasteiger partial charge on any atom is 0.405 e. The Hall–Kier alpha value is -5.25. The van der Waals surface area contributed by atoms with Crippen LogP contribution < -0.4 is 15.4 Å². The van der Waals surface area contributed by atoms with E-state index in [4.69, 9.17) is 20.8 Å². The van der Waals surface area contributed by atoms with Crippen LogP contribution in [-0.4, -0.2) is 101 Å². The van der Waals surface area contributed by atoms with Gasteiger partial charge in [-0.15, -0.1) is 0 Å². The van der Waals surface area contributed by atoms with E-state index in [0.717, 1.165) is 22.3 Å². The number of furan rings is 1. The third-order valence-corrected chi connectivity index (χ3v) is 10.9. The molecular formula is C44H45ClF3N5O6. The number of hydrogen-bond donors (Lipinski definition) is 4. The van der Waals surface area contributed by atoms with Gasteiger partial charge in [-0.2, -0.15) is 13.2 Å². The lowest BCUT2D eigenvalue weighted by atomic mass is 9.90. The minimum atomic E-state index is -4.62. The first-order valence-electron chi connectivity index (χ1n) is 19.4. The second-order valence-corrected chi connectivity index (χ2v) is 15.4.